The lowest BCUT2D eigenvalue weighted by Crippen LogP contribution is -2.43. The standard InChI is InChI=1S/C18H24N4O2S.ClH/c1-22-12-13(11-21-22)2-6-20-17(23)15-10-14-3-9-24-18(16(14)25-15)4-7-19-8-5-18;/h10-12,19H,2-9H2,1H3,(H,20,23);1H. The lowest BCUT2D eigenvalue weighted by Gasteiger charge is -2.40. The van der Waals surface area contributed by atoms with Gasteiger partial charge in [-0.15, -0.1) is 23.7 Å². The molecule has 6 nitrogen and oxygen atoms in total. The summed E-state index contributed by atoms with van der Waals surface area (Å²) in [7, 11) is 1.90. The second kappa shape index (κ2) is 8.08. The molecular weight excluding hydrogens is 372 g/mol. The lowest BCUT2D eigenvalue weighted by atomic mass is 9.86. The van der Waals surface area contributed by atoms with Gasteiger partial charge in [-0.1, -0.05) is 0 Å². The molecule has 2 aliphatic heterocycles. The molecule has 4 heterocycles. The predicted octanol–water partition coefficient (Wildman–Crippen LogP) is 2.03. The number of piperidine rings is 1. The van der Waals surface area contributed by atoms with Crippen molar-refractivity contribution in [3.8, 4) is 0 Å². The predicted molar refractivity (Wildman–Crippen MR) is 104 cm³/mol. The number of fused-ring (bicyclic) bond motifs is 2. The molecule has 26 heavy (non-hydrogen) atoms. The van der Waals surface area contributed by atoms with Crippen LogP contribution < -0.4 is 10.6 Å². The molecule has 0 atom stereocenters. The highest BCUT2D eigenvalue weighted by molar-refractivity contribution is 7.14. The number of rotatable bonds is 4. The van der Waals surface area contributed by atoms with E-state index in [1.807, 2.05) is 19.4 Å². The molecule has 0 aromatic carbocycles. The van der Waals surface area contributed by atoms with E-state index in [2.05, 4.69) is 21.8 Å². The maximum atomic E-state index is 12.6. The van der Waals surface area contributed by atoms with Gasteiger partial charge in [-0.25, -0.2) is 0 Å². The number of nitrogens with one attached hydrogen (secondary N) is 2. The number of hydrogen-bond acceptors (Lipinski definition) is 5. The number of aromatic nitrogens is 2. The molecule has 1 fully saturated rings. The van der Waals surface area contributed by atoms with Crippen LogP contribution in [-0.4, -0.2) is 41.9 Å². The van der Waals surface area contributed by atoms with Crippen LogP contribution in [0.4, 0.5) is 0 Å². The molecule has 1 saturated heterocycles. The first kappa shape index (κ1) is 19.4. The zero-order chi connectivity index (χ0) is 17.3. The summed E-state index contributed by atoms with van der Waals surface area (Å²) in [6.45, 7) is 3.33. The molecule has 4 rings (SSSR count). The smallest absolute Gasteiger partial charge is 0.261 e. The van der Waals surface area contributed by atoms with Gasteiger partial charge in [-0.3, -0.25) is 9.48 Å². The Hall–Kier alpha value is -1.41. The Kier molecular flexibility index (Phi) is 6.02. The molecule has 0 bridgehead atoms. The minimum atomic E-state index is -0.169. The lowest BCUT2D eigenvalue weighted by molar-refractivity contribution is -0.0771. The first-order valence-electron chi connectivity index (χ1n) is 8.90. The normalized spacial score (nSPS) is 18.2. The van der Waals surface area contributed by atoms with Crippen molar-refractivity contribution in [2.24, 2.45) is 7.05 Å². The topological polar surface area (TPSA) is 68.2 Å². The van der Waals surface area contributed by atoms with Crippen LogP contribution in [-0.2, 0) is 30.2 Å². The van der Waals surface area contributed by atoms with Gasteiger partial charge < -0.3 is 15.4 Å². The molecule has 0 aliphatic carbocycles. The summed E-state index contributed by atoms with van der Waals surface area (Å²) in [5.74, 6) is 0.0207. The highest BCUT2D eigenvalue weighted by Crippen LogP contribution is 2.44. The fraction of sp³-hybridized carbons (Fsp3) is 0.556. The van der Waals surface area contributed by atoms with Crippen molar-refractivity contribution in [3.05, 3.63) is 39.3 Å². The zero-order valence-corrected chi connectivity index (χ0v) is 16.5. The molecule has 0 saturated carbocycles. The second-order valence-corrected chi connectivity index (χ2v) is 7.89. The quantitative estimate of drug-likeness (QED) is 0.829. The fourth-order valence-electron chi connectivity index (χ4n) is 3.74. The average molecular weight is 397 g/mol. The van der Waals surface area contributed by atoms with Gasteiger partial charge in [0, 0.05) is 24.7 Å². The van der Waals surface area contributed by atoms with E-state index < -0.39 is 0 Å². The number of amides is 1. The summed E-state index contributed by atoms with van der Waals surface area (Å²) in [5.41, 5.74) is 2.27. The molecule has 2 aliphatic rings. The third-order valence-electron chi connectivity index (χ3n) is 5.07. The molecule has 1 amide bonds. The molecule has 2 aromatic heterocycles. The first-order chi connectivity index (χ1) is 12.2. The van der Waals surface area contributed by atoms with E-state index in [-0.39, 0.29) is 23.9 Å². The second-order valence-electron chi connectivity index (χ2n) is 6.84. The number of thiophene rings is 1. The fourth-order valence-corrected chi connectivity index (χ4v) is 5.07. The van der Waals surface area contributed by atoms with E-state index in [1.165, 1.54) is 10.4 Å². The Morgan fingerprint density at radius 3 is 3.00 bits per heavy atom. The molecule has 0 unspecified atom stereocenters. The van der Waals surface area contributed by atoms with Crippen molar-refractivity contribution >= 4 is 29.7 Å². The van der Waals surface area contributed by atoms with Crippen LogP contribution in [0.2, 0.25) is 0 Å². The summed E-state index contributed by atoms with van der Waals surface area (Å²) in [4.78, 5) is 14.6. The molecular formula is C18H25ClN4O2S. The van der Waals surface area contributed by atoms with Gasteiger partial charge in [-0.2, -0.15) is 5.10 Å². The average Bonchev–Trinajstić information content (AvgIpc) is 3.23. The zero-order valence-electron chi connectivity index (χ0n) is 14.9. The first-order valence-corrected chi connectivity index (χ1v) is 9.71. The van der Waals surface area contributed by atoms with E-state index in [9.17, 15) is 4.79 Å². The molecule has 8 heteroatoms. The Bertz CT molecular complexity index is 767. The molecule has 2 N–H and O–H groups in total. The van der Waals surface area contributed by atoms with Gasteiger partial charge in [0.25, 0.3) is 5.91 Å². The van der Waals surface area contributed by atoms with Crippen molar-refractivity contribution in [1.29, 1.82) is 0 Å². The Morgan fingerprint density at radius 2 is 2.27 bits per heavy atom. The Labute approximate surface area is 163 Å². The third-order valence-corrected chi connectivity index (χ3v) is 6.43. The number of carbonyl (C=O) groups is 1. The highest BCUT2D eigenvalue weighted by Gasteiger charge is 2.41. The molecule has 1 spiro atoms. The van der Waals surface area contributed by atoms with Crippen LogP contribution in [0.1, 0.15) is 38.5 Å². The summed E-state index contributed by atoms with van der Waals surface area (Å²) in [6, 6.07) is 2.08. The Balaban J connectivity index is 0.00000196. The van der Waals surface area contributed by atoms with Crippen molar-refractivity contribution in [2.45, 2.75) is 31.3 Å². The van der Waals surface area contributed by atoms with Gasteiger partial charge in [0.15, 0.2) is 0 Å². The Morgan fingerprint density at radius 1 is 1.46 bits per heavy atom. The monoisotopic (exact) mass is 396 g/mol. The summed E-state index contributed by atoms with van der Waals surface area (Å²) >= 11 is 1.62. The van der Waals surface area contributed by atoms with Gasteiger partial charge in [0.1, 0.15) is 5.60 Å². The summed E-state index contributed by atoms with van der Waals surface area (Å²) in [5, 5.41) is 10.6. The molecule has 142 valence electrons. The molecule has 2 aromatic rings. The van der Waals surface area contributed by atoms with E-state index in [4.69, 9.17) is 4.74 Å². The van der Waals surface area contributed by atoms with Crippen molar-refractivity contribution in [2.75, 3.05) is 26.2 Å². The van der Waals surface area contributed by atoms with Crippen LogP contribution in [0, 0.1) is 0 Å². The minimum Gasteiger partial charge on any atom is -0.369 e. The SMILES string of the molecule is Cl.Cn1cc(CCNC(=O)c2cc3c(s2)C2(CCNCC2)OCC3)cn1. The number of ether oxygens (including phenoxy) is 1. The van der Waals surface area contributed by atoms with Crippen LogP contribution >= 0.6 is 23.7 Å². The third kappa shape index (κ3) is 3.81. The number of nitrogens with zero attached hydrogens (tertiary/aromatic N) is 2. The van der Waals surface area contributed by atoms with E-state index in [1.54, 1.807) is 16.0 Å². The van der Waals surface area contributed by atoms with Gasteiger partial charge >= 0.3 is 0 Å². The number of halogens is 1. The van der Waals surface area contributed by atoms with Crippen molar-refractivity contribution < 1.29 is 9.53 Å². The molecule has 0 radical (unpaired) electrons. The minimum absolute atomic E-state index is 0. The summed E-state index contributed by atoms with van der Waals surface area (Å²) < 4.78 is 7.98. The number of hydrogen-bond donors (Lipinski definition) is 2. The van der Waals surface area contributed by atoms with Crippen LogP contribution in [0.15, 0.2) is 18.5 Å². The van der Waals surface area contributed by atoms with Gasteiger partial charge in [0.2, 0.25) is 0 Å². The van der Waals surface area contributed by atoms with E-state index in [0.717, 1.165) is 55.8 Å². The maximum Gasteiger partial charge on any atom is 0.261 e. The highest BCUT2D eigenvalue weighted by atomic mass is 35.5. The van der Waals surface area contributed by atoms with Crippen LogP contribution in [0.25, 0.3) is 0 Å². The van der Waals surface area contributed by atoms with Crippen LogP contribution in [0.3, 0.4) is 0 Å². The van der Waals surface area contributed by atoms with Gasteiger partial charge in [-0.05, 0) is 56.0 Å². The maximum absolute atomic E-state index is 12.6. The summed E-state index contributed by atoms with van der Waals surface area (Å²) in [6.07, 6.45) is 7.50. The van der Waals surface area contributed by atoms with E-state index >= 15 is 0 Å². The van der Waals surface area contributed by atoms with E-state index in [0.29, 0.717) is 6.54 Å². The van der Waals surface area contributed by atoms with Gasteiger partial charge in [0.05, 0.1) is 17.7 Å². The number of aryl methyl sites for hydroxylation is 1. The van der Waals surface area contributed by atoms with Crippen molar-refractivity contribution in [3.63, 3.8) is 0 Å². The largest absolute Gasteiger partial charge is 0.369 e. The van der Waals surface area contributed by atoms with Crippen LogP contribution in [0.5, 0.6) is 0 Å². The number of carbonyl (C=O) groups excluding carboxylic acids is 1. The van der Waals surface area contributed by atoms with Crippen molar-refractivity contribution in [1.82, 2.24) is 20.4 Å².